The van der Waals surface area contributed by atoms with Gasteiger partial charge in [0.1, 0.15) is 17.2 Å². The van der Waals surface area contributed by atoms with E-state index in [9.17, 15) is 15.0 Å². The smallest absolute Gasteiger partial charge is 0.221 e. The molecular formula is C25H22N2O4. The minimum Gasteiger partial charge on any atom is -0.508 e. The van der Waals surface area contributed by atoms with Crippen LogP contribution in [-0.2, 0) is 4.79 Å². The van der Waals surface area contributed by atoms with Crippen LogP contribution in [0.3, 0.4) is 0 Å². The van der Waals surface area contributed by atoms with Crippen LogP contribution in [0.4, 0.5) is 5.69 Å². The summed E-state index contributed by atoms with van der Waals surface area (Å²) < 4.78 is 6.05. The molecule has 0 saturated heterocycles. The van der Waals surface area contributed by atoms with Crippen molar-refractivity contribution in [3.63, 3.8) is 0 Å². The van der Waals surface area contributed by atoms with Gasteiger partial charge in [0.2, 0.25) is 5.91 Å². The Labute approximate surface area is 179 Å². The first-order chi connectivity index (χ1) is 15.0. The van der Waals surface area contributed by atoms with Gasteiger partial charge in [-0.2, -0.15) is 0 Å². The number of fused-ring (bicyclic) bond motifs is 2. The predicted octanol–water partition coefficient (Wildman–Crippen LogP) is 4.85. The molecule has 6 nitrogen and oxygen atoms in total. The van der Waals surface area contributed by atoms with E-state index in [1.54, 1.807) is 24.3 Å². The summed E-state index contributed by atoms with van der Waals surface area (Å²) in [5.74, 6) is 0.878. The second-order valence-electron chi connectivity index (χ2n) is 7.89. The molecule has 4 N–H and O–H groups in total. The summed E-state index contributed by atoms with van der Waals surface area (Å²) in [7, 11) is 0. The van der Waals surface area contributed by atoms with Gasteiger partial charge in [-0.25, -0.2) is 0 Å². The molecule has 5 rings (SSSR count). The van der Waals surface area contributed by atoms with Gasteiger partial charge in [0.05, 0.1) is 6.61 Å². The van der Waals surface area contributed by atoms with E-state index in [1.165, 1.54) is 6.92 Å². The summed E-state index contributed by atoms with van der Waals surface area (Å²) in [5.41, 5.74) is 4.80. The Bertz CT molecular complexity index is 1280. The number of nitrogens with one attached hydrogen (secondary N) is 2. The molecule has 0 saturated carbocycles. The predicted molar refractivity (Wildman–Crippen MR) is 119 cm³/mol. The Kier molecular flexibility index (Phi) is 4.55. The van der Waals surface area contributed by atoms with E-state index in [0.29, 0.717) is 12.4 Å². The molecule has 4 aromatic rings. The summed E-state index contributed by atoms with van der Waals surface area (Å²) >= 11 is 0. The van der Waals surface area contributed by atoms with E-state index in [2.05, 4.69) is 10.3 Å². The van der Waals surface area contributed by atoms with E-state index in [4.69, 9.17) is 4.74 Å². The molecule has 2 unspecified atom stereocenters. The highest BCUT2D eigenvalue weighted by Gasteiger charge is 2.35. The lowest BCUT2D eigenvalue weighted by molar-refractivity contribution is -0.114. The minimum absolute atomic E-state index is 0.0146. The number of aromatic amines is 1. The number of anilines is 1. The van der Waals surface area contributed by atoms with Gasteiger partial charge >= 0.3 is 0 Å². The molecule has 1 aliphatic rings. The summed E-state index contributed by atoms with van der Waals surface area (Å²) in [5, 5.41) is 23.7. The van der Waals surface area contributed by atoms with Gasteiger partial charge in [-0.05, 0) is 47.5 Å². The van der Waals surface area contributed by atoms with E-state index in [-0.39, 0.29) is 29.2 Å². The summed E-state index contributed by atoms with van der Waals surface area (Å²) in [6, 6.07) is 18.3. The van der Waals surface area contributed by atoms with Crippen LogP contribution in [0.25, 0.3) is 10.9 Å². The summed E-state index contributed by atoms with van der Waals surface area (Å²) in [6.07, 6.45) is 1.97. The van der Waals surface area contributed by atoms with Crippen LogP contribution in [0.1, 0.15) is 35.4 Å². The number of carbonyl (C=O) groups excluding carboxylic acids is 1. The number of H-pyrrole nitrogens is 1. The van der Waals surface area contributed by atoms with Crippen molar-refractivity contribution in [1.29, 1.82) is 0 Å². The average Bonchev–Trinajstić information content (AvgIpc) is 3.16. The van der Waals surface area contributed by atoms with E-state index in [1.807, 2.05) is 42.6 Å². The van der Waals surface area contributed by atoms with Gasteiger partial charge in [0.25, 0.3) is 0 Å². The number of rotatable bonds is 3. The van der Waals surface area contributed by atoms with Gasteiger partial charge in [0.15, 0.2) is 0 Å². The van der Waals surface area contributed by atoms with Crippen molar-refractivity contribution in [2.24, 2.45) is 0 Å². The third-order valence-electron chi connectivity index (χ3n) is 5.84. The second-order valence-corrected chi connectivity index (χ2v) is 7.89. The van der Waals surface area contributed by atoms with Crippen LogP contribution in [0.2, 0.25) is 0 Å². The van der Waals surface area contributed by atoms with Crippen molar-refractivity contribution in [2.45, 2.75) is 18.8 Å². The van der Waals surface area contributed by atoms with E-state index in [0.717, 1.165) is 33.3 Å². The van der Waals surface area contributed by atoms with Crippen LogP contribution in [-0.4, -0.2) is 27.7 Å². The molecule has 156 valence electrons. The van der Waals surface area contributed by atoms with Crippen molar-refractivity contribution >= 4 is 22.5 Å². The zero-order chi connectivity index (χ0) is 21.5. The van der Waals surface area contributed by atoms with Gasteiger partial charge in [-0.15, -0.1) is 0 Å². The quantitative estimate of drug-likeness (QED) is 0.386. The number of carbonyl (C=O) groups is 1. The number of hydrogen-bond acceptors (Lipinski definition) is 4. The lowest BCUT2D eigenvalue weighted by Gasteiger charge is -2.34. The Morgan fingerprint density at radius 1 is 1.00 bits per heavy atom. The maximum Gasteiger partial charge on any atom is 0.221 e. The minimum atomic E-state index is -0.115. The van der Waals surface area contributed by atoms with Crippen molar-refractivity contribution in [1.82, 2.24) is 4.98 Å². The van der Waals surface area contributed by atoms with Crippen molar-refractivity contribution in [3.05, 3.63) is 83.6 Å². The first-order valence-electron chi connectivity index (χ1n) is 10.1. The van der Waals surface area contributed by atoms with Gasteiger partial charge in [-0.3, -0.25) is 4.79 Å². The maximum absolute atomic E-state index is 11.4. The molecule has 0 spiro atoms. The molecule has 0 radical (unpaired) electrons. The fraction of sp³-hybridized carbons (Fsp3) is 0.160. The molecule has 3 aromatic carbocycles. The highest BCUT2D eigenvalue weighted by Crippen LogP contribution is 2.48. The molecule has 1 amide bonds. The van der Waals surface area contributed by atoms with Gasteiger partial charge < -0.3 is 25.3 Å². The number of benzene rings is 3. The molecule has 6 heteroatoms. The lowest BCUT2D eigenvalue weighted by Crippen LogP contribution is -2.25. The van der Waals surface area contributed by atoms with Crippen LogP contribution in [0, 0.1) is 0 Å². The fourth-order valence-electron chi connectivity index (χ4n) is 4.49. The number of ether oxygens (including phenoxy) is 1. The van der Waals surface area contributed by atoms with Crippen molar-refractivity contribution in [2.75, 3.05) is 11.9 Å². The number of aromatic hydroxyl groups is 2. The highest BCUT2D eigenvalue weighted by atomic mass is 16.5. The number of phenolic OH excluding ortho intramolecular Hbond substituents is 2. The van der Waals surface area contributed by atoms with Gasteiger partial charge in [-0.1, -0.05) is 18.2 Å². The number of hydrogen-bond donors (Lipinski definition) is 4. The number of aromatic nitrogens is 1. The Hall–Kier alpha value is -3.93. The Balaban J connectivity index is 1.64. The molecule has 2 heterocycles. The lowest BCUT2D eigenvalue weighted by atomic mass is 9.75. The first-order valence-corrected chi connectivity index (χ1v) is 10.1. The second kappa shape index (κ2) is 7.40. The van der Waals surface area contributed by atoms with Crippen LogP contribution >= 0.6 is 0 Å². The van der Waals surface area contributed by atoms with Gasteiger partial charge in [0, 0.05) is 53.2 Å². The largest absolute Gasteiger partial charge is 0.508 e. The monoisotopic (exact) mass is 414 g/mol. The zero-order valence-electron chi connectivity index (χ0n) is 16.9. The molecular weight excluding hydrogens is 392 g/mol. The van der Waals surface area contributed by atoms with Crippen LogP contribution in [0.5, 0.6) is 17.2 Å². The molecule has 0 bridgehead atoms. The molecule has 31 heavy (non-hydrogen) atoms. The number of amides is 1. The fourth-order valence-corrected chi connectivity index (χ4v) is 4.49. The number of phenols is 2. The van der Waals surface area contributed by atoms with Crippen LogP contribution < -0.4 is 10.1 Å². The highest BCUT2D eigenvalue weighted by molar-refractivity contribution is 5.88. The maximum atomic E-state index is 11.4. The SMILES string of the molecule is CC(=O)Nc1ccc(C2c3ccc(O)cc3OCC2c2c[nH]c3ccc(O)cc23)cc1. The summed E-state index contributed by atoms with van der Waals surface area (Å²) in [6.45, 7) is 1.91. The zero-order valence-corrected chi connectivity index (χ0v) is 16.9. The normalized spacial score (nSPS) is 17.7. The topological polar surface area (TPSA) is 94.6 Å². The summed E-state index contributed by atoms with van der Waals surface area (Å²) in [4.78, 5) is 14.7. The van der Waals surface area contributed by atoms with E-state index < -0.39 is 0 Å². The molecule has 1 aromatic heterocycles. The molecule has 0 aliphatic carbocycles. The van der Waals surface area contributed by atoms with Crippen molar-refractivity contribution in [3.8, 4) is 17.2 Å². The Morgan fingerprint density at radius 3 is 2.52 bits per heavy atom. The molecule has 2 atom stereocenters. The molecule has 1 aliphatic heterocycles. The average molecular weight is 414 g/mol. The van der Waals surface area contributed by atoms with Crippen molar-refractivity contribution < 1.29 is 19.7 Å². The van der Waals surface area contributed by atoms with Crippen LogP contribution in [0.15, 0.2) is 66.9 Å². The first kappa shape index (κ1) is 19.1. The third-order valence-corrected chi connectivity index (χ3v) is 5.84. The Morgan fingerprint density at radius 2 is 1.74 bits per heavy atom. The van der Waals surface area contributed by atoms with E-state index >= 15 is 0 Å². The standard InChI is InChI=1S/C25H22N2O4/c1-14(28)27-16-4-2-15(3-5-16)25-19-8-6-18(30)11-24(19)31-13-22(25)21-12-26-23-9-7-17(29)10-20(21)23/h2-12,22,25-26,29-30H,13H2,1H3,(H,27,28). The third kappa shape index (κ3) is 3.46. The molecule has 0 fully saturated rings.